The number of oxime groups is 1. The molecule has 0 spiro atoms. The molecular formula is C6H13NO. The first-order chi connectivity index (χ1) is 3.72. The molecule has 2 nitrogen and oxygen atoms in total. The Kier molecular flexibility index (Phi) is 3.24. The Bertz CT molecular complexity index is 86.5. The second kappa shape index (κ2) is 3.47. The highest BCUT2D eigenvalue weighted by Crippen LogP contribution is 1.99. The van der Waals surface area contributed by atoms with Crippen molar-refractivity contribution in [1.82, 2.24) is 0 Å². The number of hydrogen-bond donors (Lipinski definition) is 1. The molecule has 0 aliphatic rings. The summed E-state index contributed by atoms with van der Waals surface area (Å²) in [6, 6.07) is 0. The predicted molar refractivity (Wildman–Crippen MR) is 34.4 cm³/mol. The first-order valence-corrected chi connectivity index (χ1v) is 2.93. The number of rotatable bonds is 2. The average molecular weight is 115 g/mol. The van der Waals surface area contributed by atoms with Crippen LogP contribution < -0.4 is 0 Å². The Hall–Kier alpha value is -0.530. The molecule has 0 saturated heterocycles. The summed E-state index contributed by atoms with van der Waals surface area (Å²) in [7, 11) is 0. The molecule has 0 rings (SSSR count). The van der Waals surface area contributed by atoms with E-state index in [9.17, 15) is 0 Å². The smallest absolute Gasteiger partial charge is 0.0593 e. The van der Waals surface area contributed by atoms with Gasteiger partial charge in [-0.05, 0) is 12.3 Å². The SMILES string of the molecule is CC/C(=N/O)C(C)C. The number of nitrogens with zero attached hydrogens (tertiary/aromatic N) is 1. The van der Waals surface area contributed by atoms with E-state index in [0.717, 1.165) is 12.1 Å². The molecule has 0 saturated carbocycles. The maximum absolute atomic E-state index is 8.28. The van der Waals surface area contributed by atoms with Crippen molar-refractivity contribution in [3.05, 3.63) is 0 Å². The summed E-state index contributed by atoms with van der Waals surface area (Å²) in [5, 5.41) is 11.4. The minimum absolute atomic E-state index is 0.380. The van der Waals surface area contributed by atoms with E-state index in [4.69, 9.17) is 5.21 Å². The molecule has 48 valence electrons. The summed E-state index contributed by atoms with van der Waals surface area (Å²) < 4.78 is 0. The van der Waals surface area contributed by atoms with E-state index < -0.39 is 0 Å². The molecule has 0 atom stereocenters. The summed E-state index contributed by atoms with van der Waals surface area (Å²) in [4.78, 5) is 0. The third kappa shape index (κ3) is 1.96. The third-order valence-electron chi connectivity index (χ3n) is 1.16. The molecule has 0 aromatic carbocycles. The highest BCUT2D eigenvalue weighted by atomic mass is 16.4. The van der Waals surface area contributed by atoms with Crippen LogP contribution in [0.4, 0.5) is 0 Å². The van der Waals surface area contributed by atoms with E-state index in [-0.39, 0.29) is 0 Å². The zero-order valence-corrected chi connectivity index (χ0v) is 5.68. The van der Waals surface area contributed by atoms with Gasteiger partial charge in [-0.1, -0.05) is 25.9 Å². The molecule has 0 aromatic heterocycles. The van der Waals surface area contributed by atoms with Gasteiger partial charge in [0.1, 0.15) is 0 Å². The van der Waals surface area contributed by atoms with Gasteiger partial charge < -0.3 is 5.21 Å². The van der Waals surface area contributed by atoms with Crippen molar-refractivity contribution in [2.24, 2.45) is 11.1 Å². The van der Waals surface area contributed by atoms with Crippen LogP contribution in [0.25, 0.3) is 0 Å². The molecule has 0 aromatic rings. The Balaban J connectivity index is 3.72. The lowest BCUT2D eigenvalue weighted by Crippen LogP contribution is -2.04. The van der Waals surface area contributed by atoms with Crippen LogP contribution in [-0.2, 0) is 0 Å². The third-order valence-corrected chi connectivity index (χ3v) is 1.16. The topological polar surface area (TPSA) is 32.6 Å². The minimum atomic E-state index is 0.380. The number of hydrogen-bond acceptors (Lipinski definition) is 2. The Labute approximate surface area is 50.2 Å². The van der Waals surface area contributed by atoms with Crippen LogP contribution >= 0.6 is 0 Å². The fourth-order valence-electron chi connectivity index (χ4n) is 0.594. The largest absolute Gasteiger partial charge is 0.411 e. The van der Waals surface area contributed by atoms with Crippen molar-refractivity contribution in [3.63, 3.8) is 0 Å². The fourth-order valence-corrected chi connectivity index (χ4v) is 0.594. The molecule has 0 amide bonds. The Morgan fingerprint density at radius 1 is 1.62 bits per heavy atom. The highest BCUT2D eigenvalue weighted by molar-refractivity contribution is 5.85. The van der Waals surface area contributed by atoms with Gasteiger partial charge in [-0.25, -0.2) is 0 Å². The van der Waals surface area contributed by atoms with Gasteiger partial charge in [-0.15, -0.1) is 0 Å². The monoisotopic (exact) mass is 115 g/mol. The summed E-state index contributed by atoms with van der Waals surface area (Å²) in [6.07, 6.45) is 0.841. The van der Waals surface area contributed by atoms with Crippen LogP contribution in [0.2, 0.25) is 0 Å². The second-order valence-corrected chi connectivity index (χ2v) is 2.10. The summed E-state index contributed by atoms with van der Waals surface area (Å²) in [6.45, 7) is 6.01. The van der Waals surface area contributed by atoms with E-state index in [1.807, 2.05) is 20.8 Å². The van der Waals surface area contributed by atoms with Crippen LogP contribution in [0.3, 0.4) is 0 Å². The van der Waals surface area contributed by atoms with Crippen LogP contribution in [0, 0.1) is 5.92 Å². The highest BCUT2D eigenvalue weighted by Gasteiger charge is 2.00. The van der Waals surface area contributed by atoms with E-state index in [1.165, 1.54) is 0 Å². The van der Waals surface area contributed by atoms with Crippen molar-refractivity contribution in [3.8, 4) is 0 Å². The van der Waals surface area contributed by atoms with Crippen molar-refractivity contribution < 1.29 is 5.21 Å². The van der Waals surface area contributed by atoms with Gasteiger partial charge >= 0.3 is 0 Å². The summed E-state index contributed by atoms with van der Waals surface area (Å²) >= 11 is 0. The van der Waals surface area contributed by atoms with Gasteiger partial charge in [0.05, 0.1) is 5.71 Å². The van der Waals surface area contributed by atoms with Gasteiger partial charge in [-0.3, -0.25) is 0 Å². The molecule has 0 unspecified atom stereocenters. The molecule has 1 N–H and O–H groups in total. The predicted octanol–water partition coefficient (Wildman–Crippen LogP) is 1.88. The molecule has 0 radical (unpaired) electrons. The van der Waals surface area contributed by atoms with Gasteiger partial charge in [-0.2, -0.15) is 0 Å². The minimum Gasteiger partial charge on any atom is -0.411 e. The molecular weight excluding hydrogens is 102 g/mol. The van der Waals surface area contributed by atoms with Crippen molar-refractivity contribution >= 4 is 5.71 Å². The molecule has 0 bridgehead atoms. The molecule has 2 heteroatoms. The standard InChI is InChI=1S/C6H13NO/c1-4-6(7-8)5(2)3/h5,8H,4H2,1-3H3/b7-6-. The van der Waals surface area contributed by atoms with Crippen LogP contribution in [0.5, 0.6) is 0 Å². The summed E-state index contributed by atoms with van der Waals surface area (Å²) in [5.41, 5.74) is 0.866. The lowest BCUT2D eigenvalue weighted by atomic mass is 10.1. The zero-order chi connectivity index (χ0) is 6.57. The van der Waals surface area contributed by atoms with E-state index in [1.54, 1.807) is 0 Å². The normalized spacial score (nSPS) is 12.8. The first kappa shape index (κ1) is 7.47. The van der Waals surface area contributed by atoms with Gasteiger partial charge in [0, 0.05) is 0 Å². The maximum Gasteiger partial charge on any atom is 0.0593 e. The summed E-state index contributed by atoms with van der Waals surface area (Å²) in [5.74, 6) is 0.380. The van der Waals surface area contributed by atoms with E-state index in [2.05, 4.69) is 5.16 Å². The average Bonchev–Trinajstić information content (AvgIpc) is 1.69. The quantitative estimate of drug-likeness (QED) is 0.332. The second-order valence-electron chi connectivity index (χ2n) is 2.10. The van der Waals surface area contributed by atoms with Crippen molar-refractivity contribution in [2.45, 2.75) is 27.2 Å². The van der Waals surface area contributed by atoms with Gasteiger partial charge in [0.2, 0.25) is 0 Å². The van der Waals surface area contributed by atoms with E-state index >= 15 is 0 Å². The Morgan fingerprint density at radius 2 is 2.12 bits per heavy atom. The zero-order valence-electron chi connectivity index (χ0n) is 5.68. The lowest BCUT2D eigenvalue weighted by Gasteiger charge is -2.01. The van der Waals surface area contributed by atoms with Crippen molar-refractivity contribution in [1.29, 1.82) is 0 Å². The van der Waals surface area contributed by atoms with Crippen molar-refractivity contribution in [2.75, 3.05) is 0 Å². The van der Waals surface area contributed by atoms with Crippen LogP contribution in [-0.4, -0.2) is 10.9 Å². The molecule has 0 heterocycles. The lowest BCUT2D eigenvalue weighted by molar-refractivity contribution is 0.314. The van der Waals surface area contributed by atoms with Crippen LogP contribution in [0.15, 0.2) is 5.16 Å². The van der Waals surface area contributed by atoms with Gasteiger partial charge in [0.15, 0.2) is 0 Å². The van der Waals surface area contributed by atoms with Crippen LogP contribution in [0.1, 0.15) is 27.2 Å². The molecule has 0 aliphatic heterocycles. The fraction of sp³-hybridized carbons (Fsp3) is 0.833. The van der Waals surface area contributed by atoms with E-state index in [0.29, 0.717) is 5.92 Å². The Morgan fingerprint density at radius 3 is 2.12 bits per heavy atom. The maximum atomic E-state index is 8.28. The molecule has 0 aliphatic carbocycles. The first-order valence-electron chi connectivity index (χ1n) is 2.93. The molecule has 8 heavy (non-hydrogen) atoms. The molecule has 0 fully saturated rings. The van der Waals surface area contributed by atoms with Gasteiger partial charge in [0.25, 0.3) is 0 Å².